The third-order valence-electron chi connectivity index (χ3n) is 7.21. The number of anilines is 1. The fourth-order valence-electron chi connectivity index (χ4n) is 5.41. The quantitative estimate of drug-likeness (QED) is 0.655. The van der Waals surface area contributed by atoms with E-state index in [4.69, 9.17) is 0 Å². The van der Waals surface area contributed by atoms with Crippen molar-refractivity contribution in [1.82, 2.24) is 10.2 Å². The maximum absolute atomic E-state index is 14.4. The molecule has 2 fully saturated rings. The van der Waals surface area contributed by atoms with Crippen molar-refractivity contribution in [3.8, 4) is 0 Å². The number of likely N-dealkylation sites (tertiary alicyclic amines) is 1. The number of halogens is 1. The van der Waals surface area contributed by atoms with E-state index >= 15 is 0 Å². The van der Waals surface area contributed by atoms with E-state index in [-0.39, 0.29) is 23.8 Å². The van der Waals surface area contributed by atoms with Crippen LogP contribution in [0.15, 0.2) is 48.5 Å². The molecule has 0 aromatic heterocycles. The standard InChI is InChI=1S/C28H34FN3O3/c1-19-10-6-7-15-24(19)26(27(34)30-22-12-4-3-5-13-22)32(23-14-8-11-21(29)18-23)28(35)25-16-9-17-31(25)20(2)33/h6-8,10-11,14-15,18,22,25-26H,3-5,9,12-13,16-17H2,1-2H3,(H,30,34)/t25?,26-/m0/s1. The summed E-state index contributed by atoms with van der Waals surface area (Å²) in [6.07, 6.45) is 6.29. The Hall–Kier alpha value is -3.22. The van der Waals surface area contributed by atoms with Gasteiger partial charge in [0.15, 0.2) is 0 Å². The topological polar surface area (TPSA) is 69.7 Å². The zero-order valence-corrected chi connectivity index (χ0v) is 20.5. The van der Waals surface area contributed by atoms with Gasteiger partial charge in [-0.3, -0.25) is 19.3 Å². The van der Waals surface area contributed by atoms with E-state index < -0.39 is 17.9 Å². The summed E-state index contributed by atoms with van der Waals surface area (Å²) in [4.78, 5) is 43.3. The highest BCUT2D eigenvalue weighted by molar-refractivity contribution is 6.05. The Bertz CT molecular complexity index is 1080. The zero-order valence-electron chi connectivity index (χ0n) is 20.5. The lowest BCUT2D eigenvalue weighted by molar-refractivity contribution is -0.136. The number of nitrogens with zero attached hydrogens (tertiary/aromatic N) is 2. The molecule has 2 aliphatic rings. The van der Waals surface area contributed by atoms with Crippen molar-refractivity contribution >= 4 is 23.4 Å². The maximum atomic E-state index is 14.4. The summed E-state index contributed by atoms with van der Waals surface area (Å²) in [6.45, 7) is 3.85. The Balaban J connectivity index is 1.80. The molecular formula is C28H34FN3O3. The number of amides is 3. The summed E-state index contributed by atoms with van der Waals surface area (Å²) in [5.41, 5.74) is 1.85. The number of carbonyl (C=O) groups excluding carboxylic acids is 3. The summed E-state index contributed by atoms with van der Waals surface area (Å²) in [6, 6.07) is 11.6. The third-order valence-corrected chi connectivity index (χ3v) is 7.21. The van der Waals surface area contributed by atoms with Crippen molar-refractivity contribution in [2.75, 3.05) is 11.4 Å². The molecule has 0 spiro atoms. The number of rotatable bonds is 6. The van der Waals surface area contributed by atoms with Crippen molar-refractivity contribution in [3.05, 3.63) is 65.5 Å². The molecule has 1 unspecified atom stereocenters. The summed E-state index contributed by atoms with van der Waals surface area (Å²) in [7, 11) is 0. The molecule has 1 saturated heterocycles. The number of hydrogen-bond acceptors (Lipinski definition) is 3. The van der Waals surface area contributed by atoms with Gasteiger partial charge in [-0.15, -0.1) is 0 Å². The molecule has 1 saturated carbocycles. The molecule has 1 aliphatic carbocycles. The minimum atomic E-state index is -0.984. The van der Waals surface area contributed by atoms with E-state index in [1.165, 1.54) is 30.0 Å². The van der Waals surface area contributed by atoms with Gasteiger partial charge in [0.25, 0.3) is 5.91 Å². The van der Waals surface area contributed by atoms with Crippen molar-refractivity contribution in [2.24, 2.45) is 0 Å². The Labute approximate surface area is 206 Å². The number of hydrogen-bond donors (Lipinski definition) is 1. The molecular weight excluding hydrogens is 445 g/mol. The average Bonchev–Trinajstić information content (AvgIpc) is 3.34. The molecule has 1 N–H and O–H groups in total. The molecule has 1 heterocycles. The molecule has 4 rings (SSSR count). The zero-order chi connectivity index (χ0) is 24.9. The van der Waals surface area contributed by atoms with E-state index in [0.717, 1.165) is 37.7 Å². The van der Waals surface area contributed by atoms with Crippen LogP contribution < -0.4 is 10.2 Å². The van der Waals surface area contributed by atoms with Gasteiger partial charge in [0.2, 0.25) is 11.8 Å². The van der Waals surface area contributed by atoms with Crippen LogP contribution in [-0.2, 0) is 14.4 Å². The van der Waals surface area contributed by atoms with Crippen LogP contribution in [-0.4, -0.2) is 41.2 Å². The molecule has 35 heavy (non-hydrogen) atoms. The number of nitrogens with one attached hydrogen (secondary N) is 1. The number of carbonyl (C=O) groups is 3. The van der Waals surface area contributed by atoms with Gasteiger partial charge in [0, 0.05) is 25.2 Å². The van der Waals surface area contributed by atoms with Crippen LogP contribution in [0.3, 0.4) is 0 Å². The molecule has 3 amide bonds. The van der Waals surface area contributed by atoms with E-state index in [9.17, 15) is 18.8 Å². The van der Waals surface area contributed by atoms with Crippen LogP contribution in [0.2, 0.25) is 0 Å². The highest BCUT2D eigenvalue weighted by Crippen LogP contribution is 2.34. The molecule has 7 heteroatoms. The Morgan fingerprint density at radius 2 is 1.74 bits per heavy atom. The molecule has 2 atom stereocenters. The van der Waals surface area contributed by atoms with Crippen LogP contribution in [0.4, 0.5) is 10.1 Å². The maximum Gasteiger partial charge on any atom is 0.250 e. The number of benzene rings is 2. The Kier molecular flexibility index (Phi) is 7.83. The second-order valence-corrected chi connectivity index (χ2v) is 9.66. The number of aryl methyl sites for hydroxylation is 1. The summed E-state index contributed by atoms with van der Waals surface area (Å²) < 4.78 is 14.4. The van der Waals surface area contributed by atoms with Crippen LogP contribution in [0.5, 0.6) is 0 Å². The molecule has 186 valence electrons. The van der Waals surface area contributed by atoms with Crippen molar-refractivity contribution in [1.29, 1.82) is 0 Å². The minimum Gasteiger partial charge on any atom is -0.351 e. The first-order valence-electron chi connectivity index (χ1n) is 12.6. The lowest BCUT2D eigenvalue weighted by Gasteiger charge is -2.37. The fraction of sp³-hybridized carbons (Fsp3) is 0.464. The van der Waals surface area contributed by atoms with Gasteiger partial charge in [-0.05, 0) is 61.9 Å². The van der Waals surface area contributed by atoms with Gasteiger partial charge in [0.05, 0.1) is 0 Å². The van der Waals surface area contributed by atoms with Gasteiger partial charge in [0.1, 0.15) is 17.9 Å². The fourth-order valence-corrected chi connectivity index (χ4v) is 5.41. The lowest BCUT2D eigenvalue weighted by atomic mass is 9.93. The van der Waals surface area contributed by atoms with E-state index in [1.807, 2.05) is 31.2 Å². The monoisotopic (exact) mass is 479 g/mol. The normalized spacial score (nSPS) is 19.3. The van der Waals surface area contributed by atoms with Crippen molar-refractivity contribution in [3.63, 3.8) is 0 Å². The van der Waals surface area contributed by atoms with Crippen LogP contribution >= 0.6 is 0 Å². The molecule has 1 aliphatic heterocycles. The van der Waals surface area contributed by atoms with Gasteiger partial charge in [-0.2, -0.15) is 0 Å². The van der Waals surface area contributed by atoms with Crippen LogP contribution in [0, 0.1) is 12.7 Å². The molecule has 6 nitrogen and oxygen atoms in total. The van der Waals surface area contributed by atoms with Crippen LogP contribution in [0.25, 0.3) is 0 Å². The Morgan fingerprint density at radius 3 is 2.43 bits per heavy atom. The predicted molar refractivity (Wildman–Crippen MR) is 133 cm³/mol. The summed E-state index contributed by atoms with van der Waals surface area (Å²) in [5, 5.41) is 3.18. The first kappa shape index (κ1) is 24.9. The van der Waals surface area contributed by atoms with E-state index in [0.29, 0.717) is 30.6 Å². The Morgan fingerprint density at radius 1 is 1.00 bits per heavy atom. The molecule has 0 bridgehead atoms. The van der Waals surface area contributed by atoms with E-state index in [2.05, 4.69) is 5.32 Å². The van der Waals surface area contributed by atoms with Crippen molar-refractivity contribution < 1.29 is 18.8 Å². The van der Waals surface area contributed by atoms with Crippen molar-refractivity contribution in [2.45, 2.75) is 76.9 Å². The molecule has 0 radical (unpaired) electrons. The summed E-state index contributed by atoms with van der Waals surface area (Å²) >= 11 is 0. The van der Waals surface area contributed by atoms with Gasteiger partial charge in [-0.1, -0.05) is 49.6 Å². The first-order valence-corrected chi connectivity index (χ1v) is 12.6. The van der Waals surface area contributed by atoms with Gasteiger partial charge >= 0.3 is 0 Å². The predicted octanol–water partition coefficient (Wildman–Crippen LogP) is 4.67. The van der Waals surface area contributed by atoms with Gasteiger partial charge < -0.3 is 10.2 Å². The van der Waals surface area contributed by atoms with Gasteiger partial charge in [-0.25, -0.2) is 4.39 Å². The molecule has 2 aromatic carbocycles. The average molecular weight is 480 g/mol. The largest absolute Gasteiger partial charge is 0.351 e. The van der Waals surface area contributed by atoms with Crippen LogP contribution in [0.1, 0.15) is 69.0 Å². The minimum absolute atomic E-state index is 0.0485. The van der Waals surface area contributed by atoms with E-state index in [1.54, 1.807) is 11.0 Å². The highest BCUT2D eigenvalue weighted by Gasteiger charge is 2.41. The smallest absolute Gasteiger partial charge is 0.250 e. The molecule has 2 aromatic rings. The lowest BCUT2D eigenvalue weighted by Crippen LogP contribution is -2.53. The first-order chi connectivity index (χ1) is 16.9. The SMILES string of the molecule is CC(=O)N1CCCC1C(=O)N(c1cccc(F)c1)[C@H](C(=O)NC1CCCCC1)c1ccccc1C. The third kappa shape index (κ3) is 5.55. The highest BCUT2D eigenvalue weighted by atomic mass is 19.1. The second kappa shape index (κ2) is 11.0. The summed E-state index contributed by atoms with van der Waals surface area (Å²) in [5.74, 6) is -1.32. The second-order valence-electron chi connectivity index (χ2n) is 9.66.